The van der Waals surface area contributed by atoms with Crippen molar-refractivity contribution >= 4 is 10.0 Å². The Bertz CT molecular complexity index is 396. The number of piperazine rings is 1. The maximum Gasteiger partial charge on any atom is 0.220 e. The first-order valence-corrected chi connectivity index (χ1v) is 8.57. The molecule has 110 valence electrons. The fourth-order valence-electron chi connectivity index (χ4n) is 2.94. The third-order valence-corrected chi connectivity index (χ3v) is 6.60. The number of hydrogen-bond donors (Lipinski definition) is 1. The van der Waals surface area contributed by atoms with E-state index in [1.165, 1.54) is 0 Å². The van der Waals surface area contributed by atoms with E-state index in [-0.39, 0.29) is 5.92 Å². The zero-order valence-corrected chi connectivity index (χ0v) is 12.5. The van der Waals surface area contributed by atoms with Crippen LogP contribution in [0.4, 0.5) is 0 Å². The lowest BCUT2D eigenvalue weighted by molar-refractivity contribution is 0.219. The molecule has 2 fully saturated rings. The van der Waals surface area contributed by atoms with Crippen molar-refractivity contribution in [2.45, 2.75) is 18.1 Å². The van der Waals surface area contributed by atoms with Gasteiger partial charge in [0.05, 0.1) is 5.25 Å². The first-order valence-electron chi connectivity index (χ1n) is 7.06. The molecule has 19 heavy (non-hydrogen) atoms. The number of piperidine rings is 1. The summed E-state index contributed by atoms with van der Waals surface area (Å²) in [6, 6.07) is 0. The summed E-state index contributed by atoms with van der Waals surface area (Å²) >= 11 is 0. The number of rotatable bonds is 4. The average molecular weight is 287 g/mol. The fourth-order valence-corrected chi connectivity index (χ4v) is 4.96. The van der Waals surface area contributed by atoms with Crippen molar-refractivity contribution in [2.75, 3.05) is 46.3 Å². The highest BCUT2D eigenvalue weighted by Crippen LogP contribution is 2.26. The molecule has 0 aromatic carbocycles. The molecule has 0 amide bonds. The van der Waals surface area contributed by atoms with Crippen molar-refractivity contribution in [1.29, 1.82) is 0 Å². The second kappa shape index (κ2) is 6.35. The lowest BCUT2D eigenvalue weighted by Crippen LogP contribution is -2.51. The normalized spacial score (nSPS) is 26.2. The lowest BCUT2D eigenvalue weighted by atomic mass is 9.94. The van der Waals surface area contributed by atoms with E-state index in [0.717, 1.165) is 39.0 Å². The van der Waals surface area contributed by atoms with E-state index < -0.39 is 15.3 Å². The Morgan fingerprint density at radius 1 is 1.21 bits per heavy atom. The van der Waals surface area contributed by atoms with E-state index in [2.05, 4.69) is 16.8 Å². The number of nitrogens with one attached hydrogen (secondary N) is 1. The van der Waals surface area contributed by atoms with Crippen LogP contribution < -0.4 is 5.32 Å². The van der Waals surface area contributed by atoms with E-state index >= 15 is 0 Å². The lowest BCUT2D eigenvalue weighted by Gasteiger charge is -2.36. The second-order valence-corrected chi connectivity index (χ2v) is 7.63. The number of nitrogens with zero attached hydrogens (tertiary/aromatic N) is 2. The van der Waals surface area contributed by atoms with E-state index in [9.17, 15) is 8.42 Å². The Balaban J connectivity index is 2.09. The van der Waals surface area contributed by atoms with Crippen LogP contribution in [-0.2, 0) is 10.0 Å². The summed E-state index contributed by atoms with van der Waals surface area (Å²) in [5.41, 5.74) is 0. The van der Waals surface area contributed by atoms with Crippen molar-refractivity contribution < 1.29 is 8.42 Å². The highest BCUT2D eigenvalue weighted by Gasteiger charge is 2.37. The van der Waals surface area contributed by atoms with Crippen LogP contribution in [0.3, 0.4) is 0 Å². The molecular formula is C13H25N3O2S. The maximum absolute atomic E-state index is 12.7. The van der Waals surface area contributed by atoms with Crippen LogP contribution in [-0.4, -0.2) is 69.2 Å². The van der Waals surface area contributed by atoms with Gasteiger partial charge in [-0.3, -0.25) is 0 Å². The molecule has 2 rings (SSSR count). The maximum atomic E-state index is 12.7. The third kappa shape index (κ3) is 3.37. The summed E-state index contributed by atoms with van der Waals surface area (Å²) in [4.78, 5) is 2.17. The van der Waals surface area contributed by atoms with Crippen molar-refractivity contribution in [2.24, 2.45) is 5.92 Å². The minimum atomic E-state index is -3.24. The number of hydrogen-bond acceptors (Lipinski definition) is 4. The van der Waals surface area contributed by atoms with Crippen molar-refractivity contribution in [3.8, 4) is 0 Å². The predicted molar refractivity (Wildman–Crippen MR) is 77.6 cm³/mol. The van der Waals surface area contributed by atoms with Gasteiger partial charge in [0.15, 0.2) is 0 Å². The van der Waals surface area contributed by atoms with Gasteiger partial charge in [0.1, 0.15) is 0 Å². The monoisotopic (exact) mass is 287 g/mol. The molecule has 1 atom stereocenters. The van der Waals surface area contributed by atoms with Gasteiger partial charge < -0.3 is 10.2 Å². The van der Waals surface area contributed by atoms with E-state index in [1.807, 2.05) is 7.05 Å². The Hall–Kier alpha value is -0.430. The summed E-state index contributed by atoms with van der Waals surface area (Å²) in [6.45, 7) is 8.44. The van der Waals surface area contributed by atoms with Crippen LogP contribution >= 0.6 is 0 Å². The Kier molecular flexibility index (Phi) is 5.00. The van der Waals surface area contributed by atoms with Gasteiger partial charge in [0, 0.05) is 26.2 Å². The molecule has 5 nitrogen and oxygen atoms in total. The summed E-state index contributed by atoms with van der Waals surface area (Å²) in [7, 11) is -1.21. The van der Waals surface area contributed by atoms with Gasteiger partial charge >= 0.3 is 0 Å². The Morgan fingerprint density at radius 2 is 1.79 bits per heavy atom. The van der Waals surface area contributed by atoms with Gasteiger partial charge in [-0.2, -0.15) is 4.31 Å². The summed E-state index contributed by atoms with van der Waals surface area (Å²) in [5.74, 6) is 0.211. The molecule has 0 aromatic heterocycles. The SMILES string of the molecule is C=CC(C1CCNCC1)S(=O)(=O)N1CCN(C)CC1. The van der Waals surface area contributed by atoms with Crippen molar-refractivity contribution in [3.63, 3.8) is 0 Å². The summed E-state index contributed by atoms with van der Waals surface area (Å²) < 4.78 is 27.1. The van der Waals surface area contributed by atoms with Gasteiger partial charge in [-0.1, -0.05) is 6.08 Å². The molecule has 2 saturated heterocycles. The summed E-state index contributed by atoms with van der Waals surface area (Å²) in [5, 5.41) is 2.86. The zero-order valence-electron chi connectivity index (χ0n) is 11.7. The summed E-state index contributed by atoms with van der Waals surface area (Å²) in [6.07, 6.45) is 3.48. The molecule has 1 unspecified atom stereocenters. The van der Waals surface area contributed by atoms with Crippen LogP contribution in [0, 0.1) is 5.92 Å². The largest absolute Gasteiger partial charge is 0.317 e. The van der Waals surface area contributed by atoms with Crippen LogP contribution in [0.25, 0.3) is 0 Å². The first-order chi connectivity index (χ1) is 9.05. The molecule has 0 radical (unpaired) electrons. The quantitative estimate of drug-likeness (QED) is 0.746. The van der Waals surface area contributed by atoms with E-state index in [1.54, 1.807) is 10.4 Å². The van der Waals surface area contributed by atoms with Crippen molar-refractivity contribution in [3.05, 3.63) is 12.7 Å². The standard InChI is InChI=1S/C13H25N3O2S/c1-3-13(12-4-6-14-7-5-12)19(17,18)16-10-8-15(2)9-11-16/h3,12-14H,1,4-11H2,2H3. The molecular weight excluding hydrogens is 262 g/mol. The first kappa shape index (κ1) is 15.0. The van der Waals surface area contributed by atoms with Gasteiger partial charge in [-0.15, -0.1) is 6.58 Å². The smallest absolute Gasteiger partial charge is 0.220 e. The molecule has 1 N–H and O–H groups in total. The van der Waals surface area contributed by atoms with Gasteiger partial charge in [-0.05, 0) is 38.9 Å². The molecule has 6 heteroatoms. The van der Waals surface area contributed by atoms with Crippen LogP contribution in [0.2, 0.25) is 0 Å². The predicted octanol–water partition coefficient (Wildman–Crippen LogP) is 0.118. The van der Waals surface area contributed by atoms with Crippen LogP contribution in [0.15, 0.2) is 12.7 Å². The van der Waals surface area contributed by atoms with Crippen molar-refractivity contribution in [1.82, 2.24) is 14.5 Å². The molecule has 0 aliphatic carbocycles. The van der Waals surface area contributed by atoms with Gasteiger partial charge in [-0.25, -0.2) is 8.42 Å². The van der Waals surface area contributed by atoms with E-state index in [0.29, 0.717) is 13.1 Å². The zero-order chi connectivity index (χ0) is 13.9. The van der Waals surface area contributed by atoms with Crippen LogP contribution in [0.1, 0.15) is 12.8 Å². The fraction of sp³-hybridized carbons (Fsp3) is 0.846. The average Bonchev–Trinajstić information content (AvgIpc) is 2.41. The second-order valence-electron chi connectivity index (χ2n) is 5.54. The Labute approximate surface area is 116 Å². The molecule has 2 heterocycles. The highest BCUT2D eigenvalue weighted by atomic mass is 32.2. The molecule has 0 aromatic rings. The van der Waals surface area contributed by atoms with Crippen LogP contribution in [0.5, 0.6) is 0 Å². The minimum absolute atomic E-state index is 0.211. The highest BCUT2D eigenvalue weighted by molar-refractivity contribution is 7.89. The Morgan fingerprint density at radius 3 is 2.32 bits per heavy atom. The van der Waals surface area contributed by atoms with Gasteiger partial charge in [0.25, 0.3) is 0 Å². The van der Waals surface area contributed by atoms with Gasteiger partial charge in [0.2, 0.25) is 10.0 Å². The molecule has 2 aliphatic heterocycles. The minimum Gasteiger partial charge on any atom is -0.317 e. The molecule has 0 spiro atoms. The number of likely N-dealkylation sites (N-methyl/N-ethyl adjacent to an activating group) is 1. The molecule has 0 saturated carbocycles. The third-order valence-electron chi connectivity index (χ3n) is 4.25. The molecule has 0 bridgehead atoms. The van der Waals surface area contributed by atoms with E-state index in [4.69, 9.17) is 0 Å². The molecule has 2 aliphatic rings. The topological polar surface area (TPSA) is 52.7 Å². The number of sulfonamides is 1.